The lowest BCUT2D eigenvalue weighted by atomic mass is 10.0. The van der Waals surface area contributed by atoms with Crippen molar-refractivity contribution < 1.29 is 10.0 Å². The van der Waals surface area contributed by atoms with Crippen LogP contribution in [0.1, 0.15) is 19.8 Å². The Kier molecular flexibility index (Phi) is 4.92. The number of benzene rings is 1. The van der Waals surface area contributed by atoms with Gasteiger partial charge in [-0.1, -0.05) is 0 Å². The van der Waals surface area contributed by atoms with Crippen molar-refractivity contribution in [2.45, 2.75) is 31.9 Å². The van der Waals surface area contributed by atoms with E-state index < -0.39 is 0 Å². The molecule has 6 heteroatoms. The van der Waals surface area contributed by atoms with E-state index in [0.29, 0.717) is 12.6 Å². The highest BCUT2D eigenvalue weighted by atomic mass is 16.6. The Morgan fingerprint density at radius 1 is 1.40 bits per heavy atom. The smallest absolute Gasteiger partial charge is 0.269 e. The molecular formula is C14H21N3O3. The Bertz CT molecular complexity index is 439. The fourth-order valence-corrected chi connectivity index (χ4v) is 2.46. The maximum absolute atomic E-state index is 10.6. The molecule has 1 aromatic rings. The molecule has 2 rings (SSSR count). The third-order valence-electron chi connectivity index (χ3n) is 3.62. The summed E-state index contributed by atoms with van der Waals surface area (Å²) in [6, 6.07) is 7.16. The molecule has 1 atom stereocenters. The lowest BCUT2D eigenvalue weighted by molar-refractivity contribution is -0.384. The van der Waals surface area contributed by atoms with Crippen LogP contribution in [0.3, 0.4) is 0 Å². The Labute approximate surface area is 118 Å². The molecule has 0 unspecified atom stereocenters. The van der Waals surface area contributed by atoms with Crippen LogP contribution < -0.4 is 10.2 Å². The molecule has 0 spiro atoms. The number of hydrogen-bond donors (Lipinski definition) is 2. The van der Waals surface area contributed by atoms with Crippen LogP contribution in [0.4, 0.5) is 11.4 Å². The van der Waals surface area contributed by atoms with E-state index in [0.717, 1.165) is 31.6 Å². The number of aliphatic hydroxyl groups excluding tert-OH is 1. The molecule has 20 heavy (non-hydrogen) atoms. The molecular weight excluding hydrogens is 258 g/mol. The molecule has 1 fully saturated rings. The first-order chi connectivity index (χ1) is 9.56. The SMILES string of the molecule is C[C@H](O)CNC1CCN(c2ccc([N+](=O)[O-])cc2)CC1. The van der Waals surface area contributed by atoms with Gasteiger partial charge in [0.1, 0.15) is 0 Å². The highest BCUT2D eigenvalue weighted by molar-refractivity contribution is 5.51. The monoisotopic (exact) mass is 279 g/mol. The first kappa shape index (κ1) is 14.7. The van der Waals surface area contributed by atoms with Crippen molar-refractivity contribution in [3.8, 4) is 0 Å². The Morgan fingerprint density at radius 3 is 2.50 bits per heavy atom. The Morgan fingerprint density at radius 2 is 2.00 bits per heavy atom. The standard InChI is InChI=1S/C14H21N3O3/c1-11(18)10-15-12-6-8-16(9-7-12)13-2-4-14(5-3-13)17(19)20/h2-5,11-12,15,18H,6-10H2,1H3/t11-/m0/s1. The number of anilines is 1. The minimum atomic E-state index is -0.379. The fourth-order valence-electron chi connectivity index (χ4n) is 2.46. The first-order valence-corrected chi connectivity index (χ1v) is 6.97. The van der Waals surface area contributed by atoms with Gasteiger partial charge in [-0.05, 0) is 31.9 Å². The van der Waals surface area contributed by atoms with E-state index in [2.05, 4.69) is 10.2 Å². The summed E-state index contributed by atoms with van der Waals surface area (Å²) in [5.41, 5.74) is 1.16. The minimum Gasteiger partial charge on any atom is -0.392 e. The van der Waals surface area contributed by atoms with E-state index in [4.69, 9.17) is 0 Å². The average Bonchev–Trinajstić information content (AvgIpc) is 2.46. The van der Waals surface area contributed by atoms with E-state index in [9.17, 15) is 15.2 Å². The van der Waals surface area contributed by atoms with Crippen molar-refractivity contribution >= 4 is 11.4 Å². The van der Waals surface area contributed by atoms with Crippen LogP contribution in [0, 0.1) is 10.1 Å². The summed E-state index contributed by atoms with van der Waals surface area (Å²) < 4.78 is 0. The van der Waals surface area contributed by atoms with Crippen LogP contribution in [-0.4, -0.2) is 41.8 Å². The summed E-state index contributed by atoms with van der Waals surface area (Å²) in [7, 11) is 0. The highest BCUT2D eigenvalue weighted by Crippen LogP contribution is 2.22. The first-order valence-electron chi connectivity index (χ1n) is 6.97. The van der Waals surface area contributed by atoms with Crippen molar-refractivity contribution in [1.29, 1.82) is 0 Å². The van der Waals surface area contributed by atoms with Gasteiger partial charge in [0.05, 0.1) is 11.0 Å². The number of non-ortho nitro benzene ring substituents is 1. The second-order valence-corrected chi connectivity index (χ2v) is 5.29. The van der Waals surface area contributed by atoms with Crippen molar-refractivity contribution in [3.05, 3.63) is 34.4 Å². The lowest BCUT2D eigenvalue weighted by Gasteiger charge is -2.34. The molecule has 0 aromatic heterocycles. The zero-order chi connectivity index (χ0) is 14.5. The summed E-state index contributed by atoms with van der Waals surface area (Å²) in [6.07, 6.45) is 1.72. The molecule has 0 amide bonds. The van der Waals surface area contributed by atoms with Gasteiger partial charge < -0.3 is 15.3 Å². The topological polar surface area (TPSA) is 78.6 Å². The van der Waals surface area contributed by atoms with E-state index in [1.165, 1.54) is 0 Å². The fraction of sp³-hybridized carbons (Fsp3) is 0.571. The summed E-state index contributed by atoms with van der Waals surface area (Å²) in [5, 5.41) is 23.2. The van der Waals surface area contributed by atoms with Crippen LogP contribution in [0.15, 0.2) is 24.3 Å². The largest absolute Gasteiger partial charge is 0.392 e. The molecule has 0 radical (unpaired) electrons. The molecule has 0 bridgehead atoms. The van der Waals surface area contributed by atoms with Gasteiger partial charge in [0.2, 0.25) is 0 Å². The normalized spacial score (nSPS) is 18.0. The summed E-state index contributed by atoms with van der Waals surface area (Å²) in [4.78, 5) is 12.5. The minimum absolute atomic E-state index is 0.127. The summed E-state index contributed by atoms with van der Waals surface area (Å²) in [5.74, 6) is 0. The maximum Gasteiger partial charge on any atom is 0.269 e. The van der Waals surface area contributed by atoms with Crippen molar-refractivity contribution in [3.63, 3.8) is 0 Å². The number of nitrogens with zero attached hydrogens (tertiary/aromatic N) is 2. The molecule has 1 aliphatic rings. The van der Waals surface area contributed by atoms with Gasteiger partial charge in [-0.15, -0.1) is 0 Å². The molecule has 1 aromatic carbocycles. The molecule has 110 valence electrons. The molecule has 1 aliphatic heterocycles. The Hall–Kier alpha value is -1.66. The zero-order valence-corrected chi connectivity index (χ0v) is 11.7. The molecule has 1 saturated heterocycles. The quantitative estimate of drug-likeness (QED) is 0.631. The van der Waals surface area contributed by atoms with Crippen molar-refractivity contribution in [2.75, 3.05) is 24.5 Å². The summed E-state index contributed by atoms with van der Waals surface area (Å²) >= 11 is 0. The number of hydrogen-bond acceptors (Lipinski definition) is 5. The number of nitrogens with one attached hydrogen (secondary N) is 1. The number of rotatable bonds is 5. The van der Waals surface area contributed by atoms with Crippen LogP contribution in [0.25, 0.3) is 0 Å². The average molecular weight is 279 g/mol. The third kappa shape index (κ3) is 3.91. The number of piperidine rings is 1. The number of nitro benzene ring substituents is 1. The van der Waals surface area contributed by atoms with Gasteiger partial charge in [0, 0.05) is 43.5 Å². The van der Waals surface area contributed by atoms with Crippen LogP contribution in [0.2, 0.25) is 0 Å². The lowest BCUT2D eigenvalue weighted by Crippen LogP contribution is -2.44. The van der Waals surface area contributed by atoms with E-state index in [1.807, 2.05) is 12.1 Å². The molecule has 2 N–H and O–H groups in total. The van der Waals surface area contributed by atoms with Gasteiger partial charge in [0.15, 0.2) is 0 Å². The molecule has 0 saturated carbocycles. The highest BCUT2D eigenvalue weighted by Gasteiger charge is 2.19. The number of nitro groups is 1. The van der Waals surface area contributed by atoms with Gasteiger partial charge >= 0.3 is 0 Å². The second kappa shape index (κ2) is 6.67. The Balaban J connectivity index is 1.85. The van der Waals surface area contributed by atoms with Crippen LogP contribution in [-0.2, 0) is 0 Å². The zero-order valence-electron chi connectivity index (χ0n) is 11.7. The molecule has 0 aliphatic carbocycles. The summed E-state index contributed by atoms with van der Waals surface area (Å²) in [6.45, 7) is 4.26. The predicted molar refractivity (Wildman–Crippen MR) is 78.0 cm³/mol. The van der Waals surface area contributed by atoms with Crippen molar-refractivity contribution in [1.82, 2.24) is 5.32 Å². The van der Waals surface area contributed by atoms with Gasteiger partial charge in [-0.25, -0.2) is 0 Å². The predicted octanol–water partition coefficient (Wildman–Crippen LogP) is 1.53. The molecule has 6 nitrogen and oxygen atoms in total. The maximum atomic E-state index is 10.6. The van der Waals surface area contributed by atoms with Gasteiger partial charge in [-0.3, -0.25) is 10.1 Å². The second-order valence-electron chi connectivity index (χ2n) is 5.29. The number of aliphatic hydroxyl groups is 1. The van der Waals surface area contributed by atoms with E-state index in [-0.39, 0.29) is 16.7 Å². The third-order valence-corrected chi connectivity index (χ3v) is 3.62. The van der Waals surface area contributed by atoms with Gasteiger partial charge in [-0.2, -0.15) is 0 Å². The van der Waals surface area contributed by atoms with Gasteiger partial charge in [0.25, 0.3) is 5.69 Å². The van der Waals surface area contributed by atoms with E-state index >= 15 is 0 Å². The van der Waals surface area contributed by atoms with E-state index in [1.54, 1.807) is 19.1 Å². The van der Waals surface area contributed by atoms with Crippen LogP contribution in [0.5, 0.6) is 0 Å². The van der Waals surface area contributed by atoms with Crippen molar-refractivity contribution in [2.24, 2.45) is 0 Å². The molecule has 1 heterocycles. The van der Waals surface area contributed by atoms with Crippen LogP contribution >= 0.6 is 0 Å².